The summed E-state index contributed by atoms with van der Waals surface area (Å²) < 4.78 is 7.61. The van der Waals surface area contributed by atoms with Crippen molar-refractivity contribution < 1.29 is 9.66 Å². The lowest BCUT2D eigenvalue weighted by molar-refractivity contribution is -0.384. The number of hydrogen-bond acceptors (Lipinski definition) is 7. The van der Waals surface area contributed by atoms with Gasteiger partial charge in [-0.3, -0.25) is 15.2 Å². The van der Waals surface area contributed by atoms with Crippen LogP contribution in [0.1, 0.15) is 28.3 Å². The number of hydrogen-bond donors (Lipinski definition) is 1. The Kier molecular flexibility index (Phi) is 3.81. The Hall–Kier alpha value is -4.60. The van der Waals surface area contributed by atoms with Gasteiger partial charge in [0, 0.05) is 29.0 Å². The molecule has 1 aliphatic heterocycles. The molecule has 2 aromatic carbocycles. The van der Waals surface area contributed by atoms with Gasteiger partial charge in [-0.1, -0.05) is 30.3 Å². The Morgan fingerprint density at radius 2 is 1.84 bits per heavy atom. The molecule has 1 unspecified atom stereocenters. The summed E-state index contributed by atoms with van der Waals surface area (Å²) in [5.74, 6) is 1.17. The van der Waals surface area contributed by atoms with Crippen molar-refractivity contribution in [1.82, 2.24) is 29.8 Å². The van der Waals surface area contributed by atoms with Crippen LogP contribution in [0.4, 0.5) is 5.69 Å². The molecule has 3 aromatic heterocycles. The van der Waals surface area contributed by atoms with E-state index in [0.29, 0.717) is 28.8 Å². The third-order valence-corrected chi connectivity index (χ3v) is 5.59. The molecule has 10 nitrogen and oxygen atoms in total. The van der Waals surface area contributed by atoms with Crippen molar-refractivity contribution in [2.45, 2.75) is 12.8 Å². The van der Waals surface area contributed by atoms with Gasteiger partial charge in [-0.25, -0.2) is 14.5 Å². The topological polar surface area (TPSA) is 124 Å². The van der Waals surface area contributed by atoms with E-state index in [9.17, 15) is 10.1 Å². The summed E-state index contributed by atoms with van der Waals surface area (Å²) >= 11 is 0. The van der Waals surface area contributed by atoms with Crippen LogP contribution in [0.3, 0.4) is 0 Å². The van der Waals surface area contributed by atoms with Crippen LogP contribution in [0.15, 0.2) is 60.9 Å². The maximum atomic E-state index is 11.0. The van der Waals surface area contributed by atoms with E-state index < -0.39 is 4.92 Å². The molecular weight excluding hydrogens is 410 g/mol. The highest BCUT2D eigenvalue weighted by Gasteiger charge is 2.36. The fourth-order valence-electron chi connectivity index (χ4n) is 4.10. The molecule has 32 heavy (non-hydrogen) atoms. The van der Waals surface area contributed by atoms with Gasteiger partial charge in [0.05, 0.1) is 16.4 Å². The first-order valence-electron chi connectivity index (χ1n) is 9.88. The van der Waals surface area contributed by atoms with Crippen LogP contribution < -0.4 is 4.74 Å². The number of aromatic amines is 1. The van der Waals surface area contributed by atoms with Gasteiger partial charge in [-0.2, -0.15) is 0 Å². The normalized spacial score (nSPS) is 14.6. The fraction of sp³-hybridized carbons (Fsp3) is 0.0909. The van der Waals surface area contributed by atoms with Gasteiger partial charge in [0.2, 0.25) is 11.8 Å². The molecule has 0 amide bonds. The van der Waals surface area contributed by atoms with Gasteiger partial charge in [0.15, 0.2) is 11.5 Å². The Morgan fingerprint density at radius 1 is 1.06 bits per heavy atom. The summed E-state index contributed by atoms with van der Waals surface area (Å²) in [6, 6.07) is 16.2. The van der Waals surface area contributed by atoms with E-state index in [1.54, 1.807) is 23.0 Å². The average Bonchev–Trinajstić information content (AvgIpc) is 3.42. The quantitative estimate of drug-likeness (QED) is 0.335. The molecule has 10 heteroatoms. The first-order valence-corrected chi connectivity index (χ1v) is 9.88. The zero-order valence-corrected chi connectivity index (χ0v) is 16.8. The van der Waals surface area contributed by atoms with Crippen molar-refractivity contribution in [2.75, 3.05) is 0 Å². The average molecular weight is 425 g/mol. The van der Waals surface area contributed by atoms with Crippen LogP contribution in [-0.2, 0) is 0 Å². The van der Waals surface area contributed by atoms with E-state index in [0.717, 1.165) is 22.4 Å². The van der Waals surface area contributed by atoms with Crippen LogP contribution in [0, 0.1) is 17.0 Å². The van der Waals surface area contributed by atoms with Crippen LogP contribution in [-0.4, -0.2) is 34.7 Å². The van der Waals surface area contributed by atoms with Crippen molar-refractivity contribution in [1.29, 1.82) is 0 Å². The number of non-ortho nitro benzene ring substituents is 1. The standard InChI is InChI=1S/C22H15N7O3/c1-12-16-17(13-5-3-2-4-6-13)18-20-24-19(14-7-9-15(10-8-14)29(30)31)27-28(20)11-23-21(18)32-22(16)26-25-12/h2-11,17H,1H3,(H,25,26). The SMILES string of the molecule is Cc1[nH]nc2c1C(c1ccccc1)c1c(ncn3nc(-c4ccc([N+](=O)[O-])cc4)nc13)O2. The highest BCUT2D eigenvalue weighted by atomic mass is 16.6. The molecule has 5 aromatic rings. The summed E-state index contributed by atoms with van der Waals surface area (Å²) in [6.45, 7) is 1.95. The molecule has 1 aliphatic rings. The van der Waals surface area contributed by atoms with Crippen LogP contribution >= 0.6 is 0 Å². The van der Waals surface area contributed by atoms with Gasteiger partial charge >= 0.3 is 0 Å². The molecule has 0 saturated heterocycles. The lowest BCUT2D eigenvalue weighted by Crippen LogP contribution is -2.15. The van der Waals surface area contributed by atoms with Crippen molar-refractivity contribution in [3.63, 3.8) is 0 Å². The number of ether oxygens (including phenoxy) is 1. The number of aromatic nitrogens is 6. The van der Waals surface area contributed by atoms with Crippen molar-refractivity contribution >= 4 is 11.3 Å². The van der Waals surface area contributed by atoms with Crippen LogP contribution in [0.25, 0.3) is 17.0 Å². The first-order chi connectivity index (χ1) is 15.6. The van der Waals surface area contributed by atoms with Crippen LogP contribution in [0.2, 0.25) is 0 Å². The van der Waals surface area contributed by atoms with Crippen molar-refractivity contribution in [3.05, 3.63) is 93.4 Å². The minimum atomic E-state index is -0.437. The third kappa shape index (κ3) is 2.66. The molecule has 1 N–H and O–H groups in total. The van der Waals surface area contributed by atoms with E-state index in [4.69, 9.17) is 9.72 Å². The number of nitrogens with one attached hydrogen (secondary N) is 1. The summed E-state index contributed by atoms with van der Waals surface area (Å²) in [6.07, 6.45) is 1.54. The Labute approximate surface area is 180 Å². The predicted molar refractivity (Wildman–Crippen MR) is 114 cm³/mol. The molecule has 0 radical (unpaired) electrons. The molecule has 4 heterocycles. The number of rotatable bonds is 3. The van der Waals surface area contributed by atoms with Gasteiger partial charge in [-0.05, 0) is 24.6 Å². The Balaban J connectivity index is 1.56. The number of nitrogens with zero attached hydrogens (tertiary/aromatic N) is 6. The molecule has 0 fully saturated rings. The largest absolute Gasteiger partial charge is 0.418 e. The highest BCUT2D eigenvalue weighted by molar-refractivity contribution is 5.68. The van der Waals surface area contributed by atoms with Crippen LogP contribution in [0.5, 0.6) is 11.8 Å². The van der Waals surface area contributed by atoms with Crippen molar-refractivity contribution in [3.8, 4) is 23.1 Å². The summed E-state index contributed by atoms with van der Waals surface area (Å²) in [4.78, 5) is 19.8. The maximum Gasteiger partial charge on any atom is 0.269 e. The number of benzene rings is 2. The Bertz CT molecular complexity index is 1490. The number of H-pyrrole nitrogens is 1. The molecule has 1 atom stereocenters. The summed E-state index contributed by atoms with van der Waals surface area (Å²) in [5, 5.41) is 22.8. The second-order valence-corrected chi connectivity index (χ2v) is 7.48. The lowest BCUT2D eigenvalue weighted by atomic mass is 9.84. The molecule has 156 valence electrons. The highest BCUT2D eigenvalue weighted by Crippen LogP contribution is 2.48. The number of nitro benzene ring substituents is 1. The number of aryl methyl sites for hydroxylation is 1. The predicted octanol–water partition coefficient (Wildman–Crippen LogP) is 4.02. The van der Waals surface area contributed by atoms with Gasteiger partial charge in [0.25, 0.3) is 5.69 Å². The van der Waals surface area contributed by atoms with Gasteiger partial charge in [-0.15, -0.1) is 10.2 Å². The lowest BCUT2D eigenvalue weighted by Gasteiger charge is -2.25. The molecular formula is C22H15N7O3. The third-order valence-electron chi connectivity index (χ3n) is 5.59. The maximum absolute atomic E-state index is 11.0. The second kappa shape index (κ2) is 6.71. The second-order valence-electron chi connectivity index (χ2n) is 7.48. The molecule has 0 saturated carbocycles. The van der Waals surface area contributed by atoms with E-state index in [1.165, 1.54) is 12.1 Å². The summed E-state index contributed by atoms with van der Waals surface area (Å²) in [5.41, 5.74) is 4.95. The summed E-state index contributed by atoms with van der Waals surface area (Å²) in [7, 11) is 0. The zero-order chi connectivity index (χ0) is 21.8. The zero-order valence-electron chi connectivity index (χ0n) is 16.8. The minimum absolute atomic E-state index is 0.0112. The van der Waals surface area contributed by atoms with Gasteiger partial charge < -0.3 is 4.74 Å². The van der Waals surface area contributed by atoms with E-state index >= 15 is 0 Å². The molecule has 0 bridgehead atoms. The number of fused-ring (bicyclic) bond motifs is 4. The molecule has 0 spiro atoms. The van der Waals surface area contributed by atoms with E-state index in [1.807, 2.05) is 37.3 Å². The van der Waals surface area contributed by atoms with E-state index in [-0.39, 0.29) is 11.6 Å². The minimum Gasteiger partial charge on any atom is -0.418 e. The molecule has 0 aliphatic carbocycles. The number of nitro groups is 1. The van der Waals surface area contributed by atoms with E-state index in [2.05, 4.69) is 20.3 Å². The Morgan fingerprint density at radius 3 is 2.59 bits per heavy atom. The first kappa shape index (κ1) is 18.2. The molecule has 6 rings (SSSR count). The monoisotopic (exact) mass is 425 g/mol. The fourth-order valence-corrected chi connectivity index (χ4v) is 4.10. The van der Waals surface area contributed by atoms with Crippen molar-refractivity contribution in [2.24, 2.45) is 0 Å². The van der Waals surface area contributed by atoms with Gasteiger partial charge in [0.1, 0.15) is 6.33 Å². The smallest absolute Gasteiger partial charge is 0.269 e.